The lowest BCUT2D eigenvalue weighted by molar-refractivity contribution is -0.116. The van der Waals surface area contributed by atoms with Crippen LogP contribution in [0.4, 0.5) is 5.69 Å². The van der Waals surface area contributed by atoms with E-state index in [1.54, 1.807) is 0 Å². The Morgan fingerprint density at radius 1 is 1.03 bits per heavy atom. The molecule has 0 bridgehead atoms. The molecule has 1 aromatic heterocycles. The van der Waals surface area contributed by atoms with Crippen molar-refractivity contribution in [1.82, 2.24) is 19.4 Å². The fraction of sp³-hybridized carbons (Fsp3) is 0.440. The van der Waals surface area contributed by atoms with Gasteiger partial charge >= 0.3 is 0 Å². The molecular weight excluding hydrogens is 386 g/mol. The Balaban J connectivity index is 1.31. The summed E-state index contributed by atoms with van der Waals surface area (Å²) >= 11 is 0. The Labute approximate surface area is 184 Å². The summed E-state index contributed by atoms with van der Waals surface area (Å²) in [5, 5.41) is 2.97. The number of aromatic nitrogens is 2. The van der Waals surface area contributed by atoms with E-state index < -0.39 is 0 Å². The van der Waals surface area contributed by atoms with Crippen LogP contribution >= 0.6 is 0 Å². The van der Waals surface area contributed by atoms with Gasteiger partial charge in [-0.25, -0.2) is 4.98 Å². The summed E-state index contributed by atoms with van der Waals surface area (Å²) < 4.78 is 2.18. The smallest absolute Gasteiger partial charge is 0.224 e. The van der Waals surface area contributed by atoms with Crippen molar-refractivity contribution in [3.63, 3.8) is 0 Å². The third kappa shape index (κ3) is 5.51. The lowest BCUT2D eigenvalue weighted by Gasteiger charge is -2.34. The Kier molecular flexibility index (Phi) is 6.99. The first-order chi connectivity index (χ1) is 15.1. The van der Waals surface area contributed by atoms with Crippen molar-refractivity contribution >= 4 is 22.6 Å². The second-order valence-electron chi connectivity index (χ2n) is 8.44. The quantitative estimate of drug-likeness (QED) is 0.605. The average Bonchev–Trinajstić information content (AvgIpc) is 3.09. The number of amides is 1. The summed E-state index contributed by atoms with van der Waals surface area (Å²) in [6, 6.07) is 16.7. The van der Waals surface area contributed by atoms with Crippen LogP contribution in [-0.2, 0) is 24.8 Å². The number of hydrogen-bond acceptors (Lipinski definition) is 4. The molecular formula is C25H33N5O. The van der Waals surface area contributed by atoms with Gasteiger partial charge in [0.2, 0.25) is 5.91 Å². The predicted molar refractivity (Wildman–Crippen MR) is 126 cm³/mol. The number of carbonyl (C=O) groups excluding carboxylic acids is 1. The van der Waals surface area contributed by atoms with Crippen LogP contribution in [0.5, 0.6) is 0 Å². The van der Waals surface area contributed by atoms with Crippen molar-refractivity contribution < 1.29 is 4.79 Å². The number of carbonyl (C=O) groups is 1. The molecule has 4 rings (SSSR count). The summed E-state index contributed by atoms with van der Waals surface area (Å²) in [4.78, 5) is 21.8. The number of rotatable bonds is 8. The zero-order chi connectivity index (χ0) is 21.6. The Hall–Kier alpha value is -2.70. The van der Waals surface area contributed by atoms with E-state index in [0.717, 1.165) is 74.7 Å². The Morgan fingerprint density at radius 3 is 2.52 bits per heavy atom. The molecule has 0 radical (unpaired) electrons. The number of aryl methyl sites for hydroxylation is 1. The molecule has 31 heavy (non-hydrogen) atoms. The molecule has 0 atom stereocenters. The molecule has 3 aromatic rings. The fourth-order valence-electron chi connectivity index (χ4n) is 4.27. The molecule has 1 saturated heterocycles. The van der Waals surface area contributed by atoms with Gasteiger partial charge in [0.25, 0.3) is 0 Å². The van der Waals surface area contributed by atoms with Crippen LogP contribution in [0, 0.1) is 0 Å². The number of fused-ring (bicyclic) bond motifs is 1. The second-order valence-corrected chi connectivity index (χ2v) is 8.44. The van der Waals surface area contributed by atoms with E-state index >= 15 is 0 Å². The SMILES string of the molecule is CCCC(=O)Nc1ccc2c(c1)nc(CCN1CCN(Cc3ccccc3)CC1)n2C. The van der Waals surface area contributed by atoms with Gasteiger partial charge in [-0.05, 0) is 30.2 Å². The van der Waals surface area contributed by atoms with Crippen molar-refractivity contribution in [3.8, 4) is 0 Å². The van der Waals surface area contributed by atoms with E-state index in [1.807, 2.05) is 19.1 Å². The maximum Gasteiger partial charge on any atom is 0.224 e. The highest BCUT2D eigenvalue weighted by atomic mass is 16.1. The van der Waals surface area contributed by atoms with Crippen LogP contribution in [0.15, 0.2) is 48.5 Å². The highest BCUT2D eigenvalue weighted by molar-refractivity contribution is 5.93. The number of anilines is 1. The molecule has 6 heteroatoms. The van der Waals surface area contributed by atoms with Crippen molar-refractivity contribution in [3.05, 3.63) is 59.9 Å². The zero-order valence-electron chi connectivity index (χ0n) is 18.7. The molecule has 0 aliphatic carbocycles. The second kappa shape index (κ2) is 10.1. The van der Waals surface area contributed by atoms with Crippen LogP contribution in [-0.4, -0.2) is 58.0 Å². The Bertz CT molecular complexity index is 1010. The van der Waals surface area contributed by atoms with E-state index in [9.17, 15) is 4.79 Å². The van der Waals surface area contributed by atoms with Gasteiger partial charge in [-0.2, -0.15) is 0 Å². The summed E-state index contributed by atoms with van der Waals surface area (Å²) in [5.41, 5.74) is 4.27. The van der Waals surface area contributed by atoms with Crippen LogP contribution < -0.4 is 5.32 Å². The third-order valence-electron chi connectivity index (χ3n) is 6.10. The topological polar surface area (TPSA) is 53.4 Å². The van der Waals surface area contributed by atoms with Crippen molar-refractivity contribution in [2.45, 2.75) is 32.7 Å². The number of piperazine rings is 1. The van der Waals surface area contributed by atoms with Crippen LogP contribution in [0.2, 0.25) is 0 Å². The molecule has 164 valence electrons. The third-order valence-corrected chi connectivity index (χ3v) is 6.10. The van der Waals surface area contributed by atoms with Gasteiger partial charge in [0.1, 0.15) is 5.82 Å². The minimum atomic E-state index is 0.0596. The van der Waals surface area contributed by atoms with Crippen LogP contribution in [0.3, 0.4) is 0 Å². The van der Waals surface area contributed by atoms with Crippen LogP contribution in [0.1, 0.15) is 31.2 Å². The molecule has 6 nitrogen and oxygen atoms in total. The normalized spacial score (nSPS) is 15.4. The molecule has 1 aliphatic heterocycles. The molecule has 2 heterocycles. The predicted octanol–water partition coefficient (Wildman–Crippen LogP) is 3.67. The van der Waals surface area contributed by atoms with E-state index in [-0.39, 0.29) is 5.91 Å². The highest BCUT2D eigenvalue weighted by Crippen LogP contribution is 2.20. The van der Waals surface area contributed by atoms with Gasteiger partial charge in [0.05, 0.1) is 11.0 Å². The van der Waals surface area contributed by atoms with Crippen molar-refractivity contribution in [1.29, 1.82) is 0 Å². The summed E-state index contributed by atoms with van der Waals surface area (Å²) in [7, 11) is 2.08. The lowest BCUT2D eigenvalue weighted by Crippen LogP contribution is -2.46. The summed E-state index contributed by atoms with van der Waals surface area (Å²) in [6.45, 7) is 8.50. The number of hydrogen-bond donors (Lipinski definition) is 1. The van der Waals surface area contributed by atoms with Crippen LogP contribution in [0.25, 0.3) is 11.0 Å². The average molecular weight is 420 g/mol. The Morgan fingerprint density at radius 2 is 1.77 bits per heavy atom. The molecule has 0 saturated carbocycles. The van der Waals surface area contributed by atoms with Gasteiger partial charge in [0.15, 0.2) is 0 Å². The standard InChI is InChI=1S/C25H33N5O/c1-3-7-25(31)26-21-10-11-23-22(18-21)27-24(28(23)2)12-13-29-14-16-30(17-15-29)19-20-8-5-4-6-9-20/h4-6,8-11,18H,3,7,12-17,19H2,1-2H3,(H,26,31). The van der Waals surface area contributed by atoms with E-state index in [2.05, 4.69) is 63.1 Å². The summed E-state index contributed by atoms with van der Waals surface area (Å²) in [5.74, 6) is 1.16. The number of nitrogens with one attached hydrogen (secondary N) is 1. The molecule has 0 unspecified atom stereocenters. The molecule has 1 fully saturated rings. The lowest BCUT2D eigenvalue weighted by atomic mass is 10.2. The number of imidazole rings is 1. The number of nitrogens with zero attached hydrogens (tertiary/aromatic N) is 4. The first kappa shape index (κ1) is 21.5. The van der Waals surface area contributed by atoms with Gasteiger partial charge in [-0.15, -0.1) is 0 Å². The van der Waals surface area contributed by atoms with Gasteiger partial charge in [-0.3, -0.25) is 9.69 Å². The van der Waals surface area contributed by atoms with Gasteiger partial charge in [0, 0.05) is 64.8 Å². The largest absolute Gasteiger partial charge is 0.331 e. The van der Waals surface area contributed by atoms with E-state index in [1.165, 1.54) is 5.56 Å². The van der Waals surface area contributed by atoms with E-state index in [4.69, 9.17) is 4.98 Å². The fourth-order valence-corrected chi connectivity index (χ4v) is 4.27. The van der Waals surface area contributed by atoms with Gasteiger partial charge in [-0.1, -0.05) is 37.3 Å². The maximum atomic E-state index is 11.9. The maximum absolute atomic E-state index is 11.9. The first-order valence-electron chi connectivity index (χ1n) is 11.4. The molecule has 1 aliphatic rings. The van der Waals surface area contributed by atoms with Crippen molar-refractivity contribution in [2.24, 2.45) is 7.05 Å². The minimum absolute atomic E-state index is 0.0596. The summed E-state index contributed by atoms with van der Waals surface area (Å²) in [6.07, 6.45) is 2.33. The number of benzene rings is 2. The molecule has 1 N–H and O–H groups in total. The van der Waals surface area contributed by atoms with Crippen molar-refractivity contribution in [2.75, 3.05) is 38.0 Å². The molecule has 0 spiro atoms. The van der Waals surface area contributed by atoms with Gasteiger partial charge < -0.3 is 14.8 Å². The minimum Gasteiger partial charge on any atom is -0.331 e. The van der Waals surface area contributed by atoms with E-state index in [0.29, 0.717) is 6.42 Å². The highest BCUT2D eigenvalue weighted by Gasteiger charge is 2.18. The zero-order valence-corrected chi connectivity index (χ0v) is 18.7. The monoisotopic (exact) mass is 419 g/mol. The molecule has 1 amide bonds. The molecule has 2 aromatic carbocycles. The first-order valence-corrected chi connectivity index (χ1v) is 11.4.